The van der Waals surface area contributed by atoms with Crippen LogP contribution in [0.2, 0.25) is 0 Å². The summed E-state index contributed by atoms with van der Waals surface area (Å²) in [7, 11) is 0. The van der Waals surface area contributed by atoms with E-state index in [4.69, 9.17) is 0 Å². The summed E-state index contributed by atoms with van der Waals surface area (Å²) in [6.07, 6.45) is 23.6. The van der Waals surface area contributed by atoms with E-state index in [1.165, 1.54) is 103 Å². The Bertz CT molecular complexity index is 300. The molecule has 0 aromatic carbocycles. The molecule has 0 aromatic rings. The van der Waals surface area contributed by atoms with Crippen molar-refractivity contribution < 1.29 is 72.2 Å². The van der Waals surface area contributed by atoms with E-state index in [0.29, 0.717) is 0 Å². The SMILES string of the molecule is CC1CCC(C)CC1.CC1CCC(C)CC1.CC1CCC(C)CC1.CC1CCC(C)CC1.[3HH].[U].[V].[W]. The van der Waals surface area contributed by atoms with E-state index in [9.17, 15) is 0 Å². The minimum atomic E-state index is 0. The maximum absolute atomic E-state index is 2.37. The molecule has 0 aliphatic heterocycles. The van der Waals surface area contributed by atoms with Crippen LogP contribution in [0.1, 0.15) is 160 Å². The molecule has 35 heavy (non-hydrogen) atoms. The van der Waals surface area contributed by atoms with E-state index < -0.39 is 0 Å². The van der Waals surface area contributed by atoms with Gasteiger partial charge in [-0.05, 0) is 47.3 Å². The topological polar surface area (TPSA) is 0 Å². The van der Waals surface area contributed by atoms with E-state index in [-0.39, 0.29) is 72.2 Å². The Morgan fingerprint density at radius 3 is 0.400 bits per heavy atom. The normalized spacial score (nSPS) is 36.3. The maximum Gasteiger partial charge on any atom is 0 e. The molecule has 4 aliphatic carbocycles. The van der Waals surface area contributed by atoms with Gasteiger partial charge >= 0.3 is 0 Å². The average Bonchev–Trinajstić information content (AvgIpc) is 2.78. The fraction of sp³-hybridized carbons (Fsp3) is 1.00. The molecule has 0 unspecified atom stereocenters. The van der Waals surface area contributed by atoms with Gasteiger partial charge in [-0.25, -0.2) is 0 Å². The van der Waals surface area contributed by atoms with E-state index in [2.05, 4.69) is 55.4 Å². The molecule has 0 N–H and O–H groups in total. The summed E-state index contributed by atoms with van der Waals surface area (Å²) in [5, 5.41) is 0. The van der Waals surface area contributed by atoms with Gasteiger partial charge in [0.05, 0.1) is 0 Å². The van der Waals surface area contributed by atoms with E-state index in [1.807, 2.05) is 0 Å². The molecule has 3 heteroatoms. The minimum Gasteiger partial charge on any atom is -0.0625 e. The van der Waals surface area contributed by atoms with Gasteiger partial charge < -0.3 is 0 Å². The molecule has 0 saturated heterocycles. The van der Waals surface area contributed by atoms with E-state index >= 15 is 0 Å². The monoisotopic (exact) mass is 925 g/mol. The van der Waals surface area contributed by atoms with Crippen molar-refractivity contribution in [1.29, 1.82) is 0 Å². The summed E-state index contributed by atoms with van der Waals surface area (Å²) in [6.45, 7) is 18.9. The van der Waals surface area contributed by atoms with Gasteiger partial charge in [0.15, 0.2) is 0 Å². The second-order valence-electron chi connectivity index (χ2n) is 13.5. The van der Waals surface area contributed by atoms with Gasteiger partial charge in [-0.15, -0.1) is 0 Å². The van der Waals surface area contributed by atoms with Crippen LogP contribution in [0, 0.1) is 78.5 Å². The van der Waals surface area contributed by atoms with Crippen LogP contribution >= 0.6 is 0 Å². The summed E-state index contributed by atoms with van der Waals surface area (Å²) >= 11 is 0. The van der Waals surface area contributed by atoms with Crippen molar-refractivity contribution in [3.63, 3.8) is 0 Å². The second kappa shape index (κ2) is 25.3. The summed E-state index contributed by atoms with van der Waals surface area (Å²) in [4.78, 5) is 0. The Balaban J connectivity index is -0.000000183. The predicted molar refractivity (Wildman–Crippen MR) is 149 cm³/mol. The van der Waals surface area contributed by atoms with Gasteiger partial charge in [0, 0.05) is 72.2 Å². The third kappa shape index (κ3) is 23.9. The fourth-order valence-corrected chi connectivity index (χ4v) is 5.71. The van der Waals surface area contributed by atoms with Gasteiger partial charge in [0.1, 0.15) is 0 Å². The van der Waals surface area contributed by atoms with Crippen molar-refractivity contribution in [2.24, 2.45) is 47.3 Å². The largest absolute Gasteiger partial charge is 0.0625 e. The van der Waals surface area contributed by atoms with Crippen molar-refractivity contribution in [2.45, 2.75) is 158 Å². The quantitative estimate of drug-likeness (QED) is 0.227. The molecule has 4 fully saturated rings. The Morgan fingerprint density at radius 2 is 0.343 bits per heavy atom. The van der Waals surface area contributed by atoms with Gasteiger partial charge in [-0.1, -0.05) is 158 Å². The molecule has 0 aromatic heterocycles. The molecule has 4 rings (SSSR count). The Hall–Kier alpha value is 2.32. The first-order chi connectivity index (χ1) is 15.2. The van der Waals surface area contributed by atoms with Crippen LogP contribution in [-0.4, -0.2) is 0 Å². The van der Waals surface area contributed by atoms with Crippen LogP contribution in [0.25, 0.3) is 0 Å². The molecule has 0 heterocycles. The van der Waals surface area contributed by atoms with Crippen molar-refractivity contribution in [2.75, 3.05) is 0 Å². The standard InChI is InChI=1S/4C8H16.U.V.W.H2/c4*1-7-3-5-8(2)6-4-7;;;;/h4*7-8H,3-6H2,1-2H3;;;;1H/i;;;;;;;1+2. The van der Waals surface area contributed by atoms with Crippen molar-refractivity contribution in [1.82, 2.24) is 0 Å². The third-order valence-electron chi connectivity index (χ3n) is 9.22. The zero-order valence-corrected chi connectivity index (χ0v) is 33.8. The summed E-state index contributed by atoms with van der Waals surface area (Å²) in [5.41, 5.74) is 0. The molecule has 4 saturated carbocycles. The molecule has 4 aliphatic rings. The van der Waals surface area contributed by atoms with Gasteiger partial charge in [0.25, 0.3) is 0 Å². The maximum atomic E-state index is 2.37. The third-order valence-corrected chi connectivity index (χ3v) is 9.22. The molecule has 0 nitrogen and oxygen atoms in total. The number of hydrogen-bond donors (Lipinski definition) is 0. The number of hydrogen-bond acceptors (Lipinski definition) is 0. The second-order valence-corrected chi connectivity index (χ2v) is 13.5. The van der Waals surface area contributed by atoms with Crippen LogP contribution in [0.3, 0.4) is 0 Å². The van der Waals surface area contributed by atoms with Crippen molar-refractivity contribution >= 4 is 0 Å². The molecule has 0 atom stereocenters. The van der Waals surface area contributed by atoms with Crippen LogP contribution in [0.4, 0.5) is 0 Å². The Labute approximate surface area is 275 Å². The molecular weight excluding hydrogens is 857 g/mol. The summed E-state index contributed by atoms with van der Waals surface area (Å²) in [6, 6.07) is 0. The molecule has 0 amide bonds. The average molecular weight is 926 g/mol. The van der Waals surface area contributed by atoms with E-state index in [0.717, 1.165) is 47.3 Å². The molecule has 1 radical (unpaired) electrons. The zero-order valence-electron chi connectivity index (χ0n) is 25.3. The molecule has 0 bridgehead atoms. The zero-order chi connectivity index (χ0) is 23.9. The first kappa shape index (κ1) is 41.8. The summed E-state index contributed by atoms with van der Waals surface area (Å²) < 4.78 is 0. The first-order valence-electron chi connectivity index (χ1n) is 15.2. The predicted octanol–water partition coefficient (Wildman–Crippen LogP) is 11.6. The van der Waals surface area contributed by atoms with Crippen LogP contribution in [-0.2, 0) is 39.6 Å². The Kier molecular flexibility index (Phi) is 30.2. The van der Waals surface area contributed by atoms with Crippen molar-refractivity contribution in [3.8, 4) is 0 Å². The van der Waals surface area contributed by atoms with Gasteiger partial charge in [-0.3, -0.25) is 0 Å². The van der Waals surface area contributed by atoms with Crippen LogP contribution in [0.15, 0.2) is 0 Å². The smallest absolute Gasteiger partial charge is 0 e. The van der Waals surface area contributed by atoms with Crippen LogP contribution in [0.5, 0.6) is 0 Å². The molecular formula is C32H66UVW. The fourth-order valence-electron chi connectivity index (χ4n) is 5.71. The van der Waals surface area contributed by atoms with Crippen LogP contribution < -0.4 is 0 Å². The number of rotatable bonds is 0. The molecule has 0 spiro atoms. The van der Waals surface area contributed by atoms with Gasteiger partial charge in [0.2, 0.25) is 0 Å². The van der Waals surface area contributed by atoms with Crippen molar-refractivity contribution in [3.05, 3.63) is 0 Å². The van der Waals surface area contributed by atoms with E-state index in [1.54, 1.807) is 0 Å². The first-order valence-corrected chi connectivity index (χ1v) is 15.2. The minimum absolute atomic E-state index is 0. The Morgan fingerprint density at radius 1 is 0.286 bits per heavy atom. The van der Waals surface area contributed by atoms with Gasteiger partial charge in [-0.2, -0.15) is 0 Å². The summed E-state index contributed by atoms with van der Waals surface area (Å²) in [5.74, 6) is 8.16. The molecule has 209 valence electrons.